The van der Waals surface area contributed by atoms with Crippen molar-refractivity contribution in [2.24, 2.45) is 0 Å². The zero-order chi connectivity index (χ0) is 12.5. The second-order valence-electron chi connectivity index (χ2n) is 3.26. The SMILES string of the molecule is CCOC(=O)/C=C/CSCc1ccccc1Cl. The van der Waals surface area contributed by atoms with Crippen molar-refractivity contribution in [1.82, 2.24) is 0 Å². The third-order valence-electron chi connectivity index (χ3n) is 1.97. The molecule has 0 bridgehead atoms. The summed E-state index contributed by atoms with van der Waals surface area (Å²) in [4.78, 5) is 11.0. The quantitative estimate of drug-likeness (QED) is 0.448. The molecule has 0 saturated carbocycles. The summed E-state index contributed by atoms with van der Waals surface area (Å²) in [7, 11) is 0. The van der Waals surface area contributed by atoms with E-state index in [-0.39, 0.29) is 5.97 Å². The smallest absolute Gasteiger partial charge is 0.330 e. The number of rotatable bonds is 6. The predicted octanol–water partition coefficient (Wildman–Crippen LogP) is 3.69. The molecule has 0 radical (unpaired) electrons. The van der Waals surface area contributed by atoms with Crippen LogP contribution in [0, 0.1) is 0 Å². The summed E-state index contributed by atoms with van der Waals surface area (Å²) in [6.45, 7) is 2.20. The molecule has 17 heavy (non-hydrogen) atoms. The van der Waals surface area contributed by atoms with Crippen LogP contribution in [0.1, 0.15) is 12.5 Å². The van der Waals surface area contributed by atoms with E-state index in [9.17, 15) is 4.79 Å². The molecule has 1 aromatic rings. The van der Waals surface area contributed by atoms with Gasteiger partial charge in [-0.15, -0.1) is 0 Å². The number of benzene rings is 1. The summed E-state index contributed by atoms with van der Waals surface area (Å²) in [6.07, 6.45) is 3.27. The van der Waals surface area contributed by atoms with Crippen LogP contribution in [0.2, 0.25) is 5.02 Å². The average Bonchev–Trinajstić information content (AvgIpc) is 2.31. The molecule has 0 atom stereocenters. The van der Waals surface area contributed by atoms with Crippen LogP contribution in [0.5, 0.6) is 0 Å². The first-order valence-corrected chi connectivity index (χ1v) is 6.91. The van der Waals surface area contributed by atoms with E-state index in [1.165, 1.54) is 6.08 Å². The number of carbonyl (C=O) groups excluding carboxylic acids is 1. The zero-order valence-electron chi connectivity index (χ0n) is 9.69. The zero-order valence-corrected chi connectivity index (χ0v) is 11.3. The van der Waals surface area contributed by atoms with Crippen molar-refractivity contribution in [3.8, 4) is 0 Å². The summed E-state index contributed by atoms with van der Waals surface area (Å²) >= 11 is 7.72. The number of hydrogen-bond acceptors (Lipinski definition) is 3. The summed E-state index contributed by atoms with van der Waals surface area (Å²) in [6, 6.07) is 7.77. The molecular weight excluding hydrogens is 256 g/mol. The minimum Gasteiger partial charge on any atom is -0.463 e. The van der Waals surface area contributed by atoms with Gasteiger partial charge in [-0.3, -0.25) is 0 Å². The van der Waals surface area contributed by atoms with Crippen LogP contribution >= 0.6 is 23.4 Å². The topological polar surface area (TPSA) is 26.3 Å². The van der Waals surface area contributed by atoms with Crippen LogP contribution in [-0.4, -0.2) is 18.3 Å². The Bertz CT molecular complexity index is 391. The van der Waals surface area contributed by atoms with Crippen LogP contribution in [0.4, 0.5) is 0 Å². The molecule has 0 aliphatic carbocycles. The van der Waals surface area contributed by atoms with Crippen molar-refractivity contribution in [2.75, 3.05) is 12.4 Å². The molecule has 2 nitrogen and oxygen atoms in total. The Morgan fingerprint density at radius 2 is 2.24 bits per heavy atom. The first-order valence-electron chi connectivity index (χ1n) is 5.38. The maximum Gasteiger partial charge on any atom is 0.330 e. The third kappa shape index (κ3) is 5.80. The Morgan fingerprint density at radius 1 is 1.47 bits per heavy atom. The lowest BCUT2D eigenvalue weighted by Crippen LogP contribution is -1.98. The number of halogens is 1. The molecule has 4 heteroatoms. The Hall–Kier alpha value is -0.930. The summed E-state index contributed by atoms with van der Waals surface area (Å²) in [5.41, 5.74) is 1.11. The highest BCUT2D eigenvalue weighted by Crippen LogP contribution is 2.20. The fraction of sp³-hybridized carbons (Fsp3) is 0.308. The minimum atomic E-state index is -0.286. The molecule has 0 saturated heterocycles. The van der Waals surface area contributed by atoms with Gasteiger partial charge >= 0.3 is 5.97 Å². The summed E-state index contributed by atoms with van der Waals surface area (Å²) in [5, 5.41) is 0.786. The monoisotopic (exact) mass is 270 g/mol. The first-order chi connectivity index (χ1) is 8.24. The van der Waals surface area contributed by atoms with Gasteiger partial charge < -0.3 is 4.74 Å². The standard InChI is InChI=1S/C13H15ClO2S/c1-2-16-13(15)8-5-9-17-10-11-6-3-4-7-12(11)14/h3-8H,2,9-10H2,1H3/b8-5+. The predicted molar refractivity (Wildman–Crippen MR) is 73.4 cm³/mol. The van der Waals surface area contributed by atoms with E-state index in [1.807, 2.05) is 24.3 Å². The van der Waals surface area contributed by atoms with Gasteiger partial charge in [-0.05, 0) is 18.6 Å². The van der Waals surface area contributed by atoms with Crippen molar-refractivity contribution in [1.29, 1.82) is 0 Å². The van der Waals surface area contributed by atoms with Crippen LogP contribution in [-0.2, 0) is 15.3 Å². The molecule has 0 aliphatic heterocycles. The van der Waals surface area contributed by atoms with E-state index in [4.69, 9.17) is 16.3 Å². The Morgan fingerprint density at radius 3 is 2.94 bits per heavy atom. The molecule has 1 rings (SSSR count). The maximum atomic E-state index is 11.0. The highest BCUT2D eigenvalue weighted by molar-refractivity contribution is 7.98. The van der Waals surface area contributed by atoms with Crippen molar-refractivity contribution in [3.63, 3.8) is 0 Å². The lowest BCUT2D eigenvalue weighted by Gasteiger charge is -2.01. The number of ether oxygens (including phenoxy) is 1. The molecule has 92 valence electrons. The van der Waals surface area contributed by atoms with Crippen LogP contribution in [0.3, 0.4) is 0 Å². The second kappa shape index (κ2) is 8.20. The molecule has 0 aromatic heterocycles. The average molecular weight is 271 g/mol. The summed E-state index contributed by atoms with van der Waals surface area (Å²) in [5.74, 6) is 1.32. The normalized spacial score (nSPS) is 10.7. The first kappa shape index (κ1) is 14.1. The van der Waals surface area contributed by atoms with Crippen molar-refractivity contribution >= 4 is 29.3 Å². The lowest BCUT2D eigenvalue weighted by molar-refractivity contribution is -0.137. The number of carbonyl (C=O) groups is 1. The Kier molecular flexibility index (Phi) is 6.82. The van der Waals surface area contributed by atoms with Gasteiger partial charge in [-0.2, -0.15) is 11.8 Å². The third-order valence-corrected chi connectivity index (χ3v) is 3.28. The van der Waals surface area contributed by atoms with Gasteiger partial charge in [0.1, 0.15) is 0 Å². The van der Waals surface area contributed by atoms with Crippen molar-refractivity contribution in [2.45, 2.75) is 12.7 Å². The highest BCUT2D eigenvalue weighted by atomic mass is 35.5. The summed E-state index contributed by atoms with van der Waals surface area (Å²) < 4.78 is 4.77. The molecule has 1 aromatic carbocycles. The lowest BCUT2D eigenvalue weighted by atomic mass is 10.2. The minimum absolute atomic E-state index is 0.286. The van der Waals surface area contributed by atoms with Crippen LogP contribution in [0.25, 0.3) is 0 Å². The molecule has 0 spiro atoms. The largest absolute Gasteiger partial charge is 0.463 e. The van der Waals surface area contributed by atoms with E-state index in [1.54, 1.807) is 24.8 Å². The molecule has 0 heterocycles. The maximum absolute atomic E-state index is 11.0. The Labute approximate surface area is 111 Å². The highest BCUT2D eigenvalue weighted by Gasteiger charge is 1.98. The molecular formula is C13H15ClO2S. The Balaban J connectivity index is 2.25. The van der Waals surface area contributed by atoms with E-state index in [0.29, 0.717) is 6.61 Å². The number of hydrogen-bond donors (Lipinski definition) is 0. The molecule has 0 fully saturated rings. The molecule has 0 N–H and O–H groups in total. The van der Waals surface area contributed by atoms with E-state index in [0.717, 1.165) is 22.1 Å². The van der Waals surface area contributed by atoms with Gasteiger partial charge in [-0.1, -0.05) is 35.9 Å². The molecule has 0 amide bonds. The van der Waals surface area contributed by atoms with Gasteiger partial charge in [0.05, 0.1) is 6.61 Å². The van der Waals surface area contributed by atoms with Gasteiger partial charge in [0, 0.05) is 22.6 Å². The van der Waals surface area contributed by atoms with Crippen LogP contribution in [0.15, 0.2) is 36.4 Å². The van der Waals surface area contributed by atoms with Gasteiger partial charge in [0.25, 0.3) is 0 Å². The molecule has 0 aliphatic rings. The van der Waals surface area contributed by atoms with Crippen LogP contribution < -0.4 is 0 Å². The van der Waals surface area contributed by atoms with Gasteiger partial charge in [0.2, 0.25) is 0 Å². The number of esters is 1. The van der Waals surface area contributed by atoms with Crippen molar-refractivity contribution < 1.29 is 9.53 Å². The van der Waals surface area contributed by atoms with E-state index >= 15 is 0 Å². The fourth-order valence-electron chi connectivity index (χ4n) is 1.19. The second-order valence-corrected chi connectivity index (χ2v) is 4.70. The van der Waals surface area contributed by atoms with Gasteiger partial charge in [0.15, 0.2) is 0 Å². The van der Waals surface area contributed by atoms with Gasteiger partial charge in [-0.25, -0.2) is 4.79 Å². The molecule has 0 unspecified atom stereocenters. The fourth-order valence-corrected chi connectivity index (χ4v) is 2.29. The van der Waals surface area contributed by atoms with E-state index in [2.05, 4.69) is 0 Å². The van der Waals surface area contributed by atoms with E-state index < -0.39 is 0 Å². The van der Waals surface area contributed by atoms with Crippen molar-refractivity contribution in [3.05, 3.63) is 47.0 Å². The number of thioether (sulfide) groups is 1.